The third kappa shape index (κ3) is 10.2. The molecular formula is C30H58N2O2. The molecule has 2 fully saturated rings. The van der Waals surface area contributed by atoms with E-state index in [1.165, 1.54) is 44.9 Å². The minimum atomic E-state index is -0.0152. The fraction of sp³-hybridized carbons (Fsp3) is 0.967. The van der Waals surface area contributed by atoms with Crippen LogP contribution in [0.4, 0.5) is 0 Å². The van der Waals surface area contributed by atoms with E-state index < -0.39 is 0 Å². The number of piperidine rings is 2. The van der Waals surface area contributed by atoms with E-state index in [0.29, 0.717) is 5.92 Å². The number of hydrogen-bond donors (Lipinski definition) is 2. The van der Waals surface area contributed by atoms with Gasteiger partial charge in [0, 0.05) is 35.0 Å². The first kappa shape index (κ1) is 29.6. The molecule has 200 valence electrons. The molecule has 2 aliphatic rings. The smallest absolute Gasteiger partial charge is 0.309 e. The molecule has 0 aliphatic carbocycles. The molecule has 4 nitrogen and oxygen atoms in total. The summed E-state index contributed by atoms with van der Waals surface area (Å²) in [6.45, 7) is 20.3. The number of carbonyl (C=O) groups is 1. The van der Waals surface area contributed by atoms with E-state index >= 15 is 0 Å². The van der Waals surface area contributed by atoms with Crippen molar-refractivity contribution in [3.63, 3.8) is 0 Å². The molecule has 2 saturated heterocycles. The lowest BCUT2D eigenvalue weighted by molar-refractivity contribution is -0.162. The van der Waals surface area contributed by atoms with Crippen LogP contribution < -0.4 is 10.6 Å². The van der Waals surface area contributed by atoms with Crippen LogP contribution in [0, 0.1) is 11.8 Å². The quantitative estimate of drug-likeness (QED) is 0.225. The topological polar surface area (TPSA) is 50.4 Å². The summed E-state index contributed by atoms with van der Waals surface area (Å²) in [4.78, 5) is 13.7. The summed E-state index contributed by atoms with van der Waals surface area (Å²) < 4.78 is 6.34. The molecule has 0 saturated carbocycles. The van der Waals surface area contributed by atoms with Crippen molar-refractivity contribution >= 4 is 5.97 Å². The van der Waals surface area contributed by atoms with Gasteiger partial charge in [0.05, 0.1) is 5.92 Å². The molecule has 0 aromatic heterocycles. The normalized spacial score (nSPS) is 25.1. The van der Waals surface area contributed by atoms with Crippen LogP contribution in [0.5, 0.6) is 0 Å². The zero-order valence-corrected chi connectivity index (χ0v) is 24.2. The second-order valence-corrected chi connectivity index (χ2v) is 14.3. The molecule has 2 rings (SSSR count). The predicted molar refractivity (Wildman–Crippen MR) is 145 cm³/mol. The molecule has 0 aromatic carbocycles. The molecule has 4 heteroatoms. The largest absolute Gasteiger partial charge is 0.462 e. The van der Waals surface area contributed by atoms with Gasteiger partial charge in [-0.25, -0.2) is 0 Å². The van der Waals surface area contributed by atoms with Gasteiger partial charge in [0.1, 0.15) is 6.10 Å². The van der Waals surface area contributed by atoms with Crippen molar-refractivity contribution in [3.05, 3.63) is 0 Å². The number of esters is 1. The molecule has 34 heavy (non-hydrogen) atoms. The molecule has 2 heterocycles. The van der Waals surface area contributed by atoms with Crippen LogP contribution in [0.1, 0.15) is 146 Å². The highest BCUT2D eigenvalue weighted by Crippen LogP contribution is 2.40. The Balaban J connectivity index is 2.03. The Hall–Kier alpha value is -0.610. The molecule has 0 radical (unpaired) electrons. The number of unbranched alkanes of at least 4 members (excludes halogenated alkanes) is 7. The lowest BCUT2D eigenvalue weighted by Gasteiger charge is -2.49. The Morgan fingerprint density at radius 3 is 1.59 bits per heavy atom. The summed E-state index contributed by atoms with van der Waals surface area (Å²) in [6.07, 6.45) is 15.2. The first-order valence-corrected chi connectivity index (χ1v) is 14.4. The zero-order chi connectivity index (χ0) is 25.6. The average Bonchev–Trinajstić information content (AvgIpc) is 2.61. The van der Waals surface area contributed by atoms with Crippen LogP contribution in [0.15, 0.2) is 0 Å². The van der Waals surface area contributed by atoms with Crippen LogP contribution in [0.25, 0.3) is 0 Å². The third-order valence-electron chi connectivity index (χ3n) is 7.90. The van der Waals surface area contributed by atoms with Crippen molar-refractivity contribution < 1.29 is 9.53 Å². The number of carbonyl (C=O) groups excluding carboxylic acids is 1. The Bertz CT molecular complexity index is 606. The maximum atomic E-state index is 13.7. The Morgan fingerprint density at radius 2 is 1.12 bits per heavy atom. The maximum absolute atomic E-state index is 13.7. The van der Waals surface area contributed by atoms with E-state index in [1.807, 2.05) is 0 Å². The summed E-state index contributed by atoms with van der Waals surface area (Å²) in [5, 5.41) is 7.52. The Morgan fingerprint density at radius 1 is 0.706 bits per heavy atom. The van der Waals surface area contributed by atoms with Crippen molar-refractivity contribution in [3.8, 4) is 0 Å². The van der Waals surface area contributed by atoms with Gasteiger partial charge in [0.15, 0.2) is 0 Å². The SMILES string of the molecule is CCCCCCCCCCC(C(=O)OC1CC(C)(C)NC(C)(C)C1)C1CC(C)(C)NC(C)(C)C1. The molecule has 0 aromatic rings. The van der Waals surface area contributed by atoms with E-state index in [-0.39, 0.29) is 40.1 Å². The number of nitrogens with one attached hydrogen (secondary N) is 2. The molecule has 0 amide bonds. The van der Waals surface area contributed by atoms with Crippen LogP contribution >= 0.6 is 0 Å². The van der Waals surface area contributed by atoms with E-state index in [4.69, 9.17) is 4.74 Å². The second kappa shape index (κ2) is 12.1. The zero-order valence-electron chi connectivity index (χ0n) is 24.2. The lowest BCUT2D eigenvalue weighted by Crippen LogP contribution is -2.60. The first-order valence-electron chi connectivity index (χ1n) is 14.4. The van der Waals surface area contributed by atoms with E-state index in [9.17, 15) is 4.79 Å². The summed E-state index contributed by atoms with van der Waals surface area (Å²) in [5.41, 5.74) is 0.0589. The molecule has 2 aliphatic heterocycles. The third-order valence-corrected chi connectivity index (χ3v) is 7.90. The van der Waals surface area contributed by atoms with Gasteiger partial charge >= 0.3 is 5.97 Å². The Kier molecular flexibility index (Phi) is 10.5. The molecule has 1 unspecified atom stereocenters. The van der Waals surface area contributed by atoms with Crippen LogP contribution in [-0.4, -0.2) is 34.2 Å². The van der Waals surface area contributed by atoms with Crippen molar-refractivity contribution in [1.29, 1.82) is 0 Å². The predicted octanol–water partition coefficient (Wildman–Crippen LogP) is 7.54. The molecule has 0 spiro atoms. The minimum absolute atomic E-state index is 0.00236. The second-order valence-electron chi connectivity index (χ2n) is 14.3. The van der Waals surface area contributed by atoms with E-state index in [1.54, 1.807) is 0 Å². The summed E-state index contributed by atoms with van der Waals surface area (Å²) in [7, 11) is 0. The van der Waals surface area contributed by atoms with Gasteiger partial charge < -0.3 is 15.4 Å². The highest BCUT2D eigenvalue weighted by atomic mass is 16.5. The fourth-order valence-corrected chi connectivity index (χ4v) is 7.29. The van der Waals surface area contributed by atoms with Crippen molar-refractivity contribution in [2.24, 2.45) is 11.8 Å². The Labute approximate surface area is 212 Å². The van der Waals surface area contributed by atoms with Crippen molar-refractivity contribution in [1.82, 2.24) is 10.6 Å². The first-order chi connectivity index (χ1) is 15.6. The van der Waals surface area contributed by atoms with Crippen molar-refractivity contribution in [2.45, 2.75) is 174 Å². The standard InChI is InChI=1S/C30H58N2O2/c1-10-11-12-13-14-15-16-17-18-25(23-19-27(2,3)31-28(4,5)20-23)26(33)34-24-21-29(6,7)32-30(8,9)22-24/h23-25,31-32H,10-22H2,1-9H3. The van der Waals surface area contributed by atoms with Crippen molar-refractivity contribution in [2.75, 3.05) is 0 Å². The summed E-state index contributed by atoms with van der Waals surface area (Å²) in [6, 6.07) is 0. The fourth-order valence-electron chi connectivity index (χ4n) is 7.29. The minimum Gasteiger partial charge on any atom is -0.462 e. The van der Waals surface area contributed by atoms with Gasteiger partial charge in [0.2, 0.25) is 0 Å². The van der Waals surface area contributed by atoms with Crippen LogP contribution in [0.2, 0.25) is 0 Å². The highest BCUT2D eigenvalue weighted by molar-refractivity contribution is 5.73. The molecular weight excluding hydrogens is 420 g/mol. The number of hydrogen-bond acceptors (Lipinski definition) is 4. The monoisotopic (exact) mass is 478 g/mol. The van der Waals surface area contributed by atoms with Gasteiger partial charge in [-0.3, -0.25) is 4.79 Å². The molecule has 2 N–H and O–H groups in total. The van der Waals surface area contributed by atoms with Gasteiger partial charge in [-0.2, -0.15) is 0 Å². The van der Waals surface area contributed by atoms with E-state index in [2.05, 4.69) is 72.9 Å². The van der Waals surface area contributed by atoms with Gasteiger partial charge in [-0.1, -0.05) is 58.3 Å². The average molecular weight is 479 g/mol. The summed E-state index contributed by atoms with van der Waals surface area (Å²) >= 11 is 0. The van der Waals surface area contributed by atoms with Gasteiger partial charge in [-0.05, 0) is 80.6 Å². The number of rotatable bonds is 12. The summed E-state index contributed by atoms with van der Waals surface area (Å²) in [5.74, 6) is 0.466. The van der Waals surface area contributed by atoms with Crippen LogP contribution in [-0.2, 0) is 9.53 Å². The molecule has 0 bridgehead atoms. The molecule has 1 atom stereocenters. The van der Waals surface area contributed by atoms with Crippen LogP contribution in [0.3, 0.4) is 0 Å². The maximum Gasteiger partial charge on any atom is 0.309 e. The van der Waals surface area contributed by atoms with E-state index in [0.717, 1.165) is 38.5 Å². The highest BCUT2D eigenvalue weighted by Gasteiger charge is 2.45. The van der Waals surface area contributed by atoms with Gasteiger partial charge in [0.25, 0.3) is 0 Å². The van der Waals surface area contributed by atoms with Gasteiger partial charge in [-0.15, -0.1) is 0 Å². The lowest BCUT2D eigenvalue weighted by atomic mass is 9.69. The number of ether oxygens (including phenoxy) is 1.